The molecule has 1 unspecified atom stereocenters. The third kappa shape index (κ3) is 4.44. The summed E-state index contributed by atoms with van der Waals surface area (Å²) in [5, 5.41) is 0. The molecule has 3 aromatic rings. The Morgan fingerprint density at radius 2 is 1.46 bits per heavy atom. The van der Waals surface area contributed by atoms with Crippen molar-refractivity contribution in [2.75, 3.05) is 7.11 Å². The average molecular weight is 370 g/mol. The zero-order valence-electron chi connectivity index (χ0n) is 15.8. The lowest BCUT2D eigenvalue weighted by molar-refractivity contribution is 0.0972. The van der Waals surface area contributed by atoms with Crippen molar-refractivity contribution < 1.29 is 14.3 Å². The summed E-state index contributed by atoms with van der Waals surface area (Å²) in [4.78, 5) is 25.9. The molecule has 0 bridgehead atoms. The van der Waals surface area contributed by atoms with E-state index in [4.69, 9.17) is 4.74 Å². The molecule has 0 aliphatic carbocycles. The zero-order valence-corrected chi connectivity index (χ0v) is 15.8. The van der Waals surface area contributed by atoms with Crippen LogP contribution < -0.4 is 4.74 Å². The van der Waals surface area contributed by atoms with E-state index in [0.717, 1.165) is 5.56 Å². The molecule has 3 rings (SSSR count). The van der Waals surface area contributed by atoms with Gasteiger partial charge in [0.2, 0.25) is 0 Å². The van der Waals surface area contributed by atoms with Gasteiger partial charge in [0.05, 0.1) is 7.11 Å². The molecular formula is C25H22O3. The zero-order chi connectivity index (χ0) is 19.9. The Labute approximate surface area is 165 Å². The van der Waals surface area contributed by atoms with E-state index < -0.39 is 5.92 Å². The van der Waals surface area contributed by atoms with Crippen LogP contribution in [0.15, 0.2) is 97.1 Å². The van der Waals surface area contributed by atoms with E-state index in [1.54, 1.807) is 43.5 Å². The number of hydrogen-bond acceptors (Lipinski definition) is 3. The summed E-state index contributed by atoms with van der Waals surface area (Å²) < 4.78 is 5.22. The second kappa shape index (κ2) is 8.96. The predicted octanol–water partition coefficient (Wildman–Crippen LogP) is 5.49. The molecule has 0 fully saturated rings. The number of ketones is 2. The largest absolute Gasteiger partial charge is 0.497 e. The van der Waals surface area contributed by atoms with Gasteiger partial charge in [0, 0.05) is 29.0 Å². The van der Waals surface area contributed by atoms with E-state index in [2.05, 4.69) is 6.58 Å². The average Bonchev–Trinajstić information content (AvgIpc) is 2.77. The highest BCUT2D eigenvalue weighted by Crippen LogP contribution is 2.31. The van der Waals surface area contributed by atoms with E-state index in [9.17, 15) is 9.59 Å². The maximum absolute atomic E-state index is 13.1. The summed E-state index contributed by atoms with van der Waals surface area (Å²) in [6.07, 6.45) is 0.183. The summed E-state index contributed by atoms with van der Waals surface area (Å²) in [5.41, 5.74) is 2.42. The Morgan fingerprint density at radius 1 is 0.857 bits per heavy atom. The van der Waals surface area contributed by atoms with Crippen molar-refractivity contribution in [3.63, 3.8) is 0 Å². The standard InChI is InChI=1S/C25H22O3/c1-18(25(27)21-14-9-15-22(16-21)28-2)23(19-10-5-3-6-11-19)17-24(26)20-12-7-4-8-13-20/h3-16,23H,1,17H2,2H3. The number of benzene rings is 3. The molecule has 0 heterocycles. The Morgan fingerprint density at radius 3 is 2.11 bits per heavy atom. The van der Waals surface area contributed by atoms with Crippen molar-refractivity contribution in [1.29, 1.82) is 0 Å². The quantitative estimate of drug-likeness (QED) is 0.389. The maximum atomic E-state index is 13.1. The first-order valence-corrected chi connectivity index (χ1v) is 9.11. The van der Waals surface area contributed by atoms with Crippen molar-refractivity contribution in [2.24, 2.45) is 0 Å². The molecule has 0 aromatic heterocycles. The molecular weight excluding hydrogens is 348 g/mol. The van der Waals surface area contributed by atoms with Crippen molar-refractivity contribution in [1.82, 2.24) is 0 Å². The molecule has 0 aliphatic rings. The van der Waals surface area contributed by atoms with Crippen LogP contribution in [0.2, 0.25) is 0 Å². The molecule has 1 atom stereocenters. The van der Waals surface area contributed by atoms with E-state index in [1.165, 1.54) is 0 Å². The minimum Gasteiger partial charge on any atom is -0.497 e. The first-order chi connectivity index (χ1) is 13.6. The highest BCUT2D eigenvalue weighted by molar-refractivity contribution is 6.10. The molecule has 28 heavy (non-hydrogen) atoms. The first-order valence-electron chi connectivity index (χ1n) is 9.11. The molecule has 0 aliphatic heterocycles. The molecule has 0 N–H and O–H groups in total. The SMILES string of the molecule is C=C(C(=O)c1cccc(OC)c1)C(CC(=O)c1ccccc1)c1ccccc1. The molecule has 3 heteroatoms. The lowest BCUT2D eigenvalue weighted by Crippen LogP contribution is -2.15. The van der Waals surface area contributed by atoms with E-state index in [-0.39, 0.29) is 18.0 Å². The Bertz CT molecular complexity index is 975. The lowest BCUT2D eigenvalue weighted by atomic mass is 9.83. The van der Waals surface area contributed by atoms with Crippen molar-refractivity contribution >= 4 is 11.6 Å². The van der Waals surface area contributed by atoms with Gasteiger partial charge in [-0.25, -0.2) is 0 Å². The highest BCUT2D eigenvalue weighted by atomic mass is 16.5. The molecule has 0 radical (unpaired) electrons. The van der Waals surface area contributed by atoms with Crippen LogP contribution in [-0.4, -0.2) is 18.7 Å². The summed E-state index contributed by atoms with van der Waals surface area (Å²) in [6.45, 7) is 4.07. The first kappa shape index (κ1) is 19.3. The molecule has 3 nitrogen and oxygen atoms in total. The van der Waals surface area contributed by atoms with E-state index in [1.807, 2.05) is 48.5 Å². The van der Waals surface area contributed by atoms with Gasteiger partial charge in [-0.3, -0.25) is 9.59 Å². The van der Waals surface area contributed by atoms with Gasteiger partial charge in [-0.15, -0.1) is 0 Å². The summed E-state index contributed by atoms with van der Waals surface area (Å²) in [7, 11) is 1.56. The minimum absolute atomic E-state index is 0.0194. The topological polar surface area (TPSA) is 43.4 Å². The van der Waals surface area contributed by atoms with Gasteiger partial charge >= 0.3 is 0 Å². The molecule has 0 amide bonds. The molecule has 140 valence electrons. The fourth-order valence-electron chi connectivity index (χ4n) is 3.16. The smallest absolute Gasteiger partial charge is 0.189 e. The van der Waals surface area contributed by atoms with Gasteiger partial charge in [0.15, 0.2) is 11.6 Å². The second-order valence-electron chi connectivity index (χ2n) is 6.54. The van der Waals surface area contributed by atoms with Crippen LogP contribution in [0.4, 0.5) is 0 Å². The van der Waals surface area contributed by atoms with E-state index in [0.29, 0.717) is 22.4 Å². The van der Waals surface area contributed by atoms with Gasteiger partial charge in [0.25, 0.3) is 0 Å². The number of hydrogen-bond donors (Lipinski definition) is 0. The third-order valence-corrected chi connectivity index (χ3v) is 4.73. The number of methoxy groups -OCH3 is 1. The lowest BCUT2D eigenvalue weighted by Gasteiger charge is -2.19. The number of Topliss-reactive ketones (excluding diaryl/α,β-unsaturated/α-hetero) is 2. The predicted molar refractivity (Wildman–Crippen MR) is 111 cm³/mol. The third-order valence-electron chi connectivity index (χ3n) is 4.73. The van der Waals surface area contributed by atoms with Crippen LogP contribution in [0.1, 0.15) is 38.6 Å². The van der Waals surface area contributed by atoms with Crippen LogP contribution in [-0.2, 0) is 0 Å². The van der Waals surface area contributed by atoms with Crippen molar-refractivity contribution in [2.45, 2.75) is 12.3 Å². The van der Waals surface area contributed by atoms with Crippen LogP contribution in [0.3, 0.4) is 0 Å². The molecule has 0 spiro atoms. The minimum atomic E-state index is -0.396. The summed E-state index contributed by atoms with van der Waals surface area (Å²) in [6, 6.07) is 25.7. The fourth-order valence-corrected chi connectivity index (χ4v) is 3.16. The fraction of sp³-hybridized carbons (Fsp3) is 0.120. The van der Waals surface area contributed by atoms with Gasteiger partial charge in [-0.05, 0) is 17.7 Å². The van der Waals surface area contributed by atoms with Crippen molar-refractivity contribution in [3.05, 3.63) is 114 Å². The normalized spacial score (nSPS) is 11.5. The Hall–Kier alpha value is -3.46. The van der Waals surface area contributed by atoms with Crippen LogP contribution in [0.5, 0.6) is 5.75 Å². The molecule has 3 aromatic carbocycles. The van der Waals surface area contributed by atoms with Gasteiger partial charge < -0.3 is 4.74 Å². The molecule has 0 saturated heterocycles. The van der Waals surface area contributed by atoms with Crippen LogP contribution in [0.25, 0.3) is 0 Å². The Kier molecular flexibility index (Phi) is 6.18. The summed E-state index contributed by atoms with van der Waals surface area (Å²) in [5.74, 6) is 0.00513. The maximum Gasteiger partial charge on any atom is 0.189 e. The highest BCUT2D eigenvalue weighted by Gasteiger charge is 2.25. The Balaban J connectivity index is 1.91. The number of rotatable bonds is 8. The van der Waals surface area contributed by atoms with Gasteiger partial charge in [0.1, 0.15) is 5.75 Å². The monoisotopic (exact) mass is 370 g/mol. The molecule has 0 saturated carbocycles. The number of carbonyl (C=O) groups is 2. The van der Waals surface area contributed by atoms with Gasteiger partial charge in [-0.2, -0.15) is 0 Å². The van der Waals surface area contributed by atoms with Crippen LogP contribution >= 0.6 is 0 Å². The van der Waals surface area contributed by atoms with Crippen LogP contribution in [0, 0.1) is 0 Å². The number of carbonyl (C=O) groups excluding carboxylic acids is 2. The number of ether oxygens (including phenoxy) is 1. The second-order valence-corrected chi connectivity index (χ2v) is 6.54. The van der Waals surface area contributed by atoms with E-state index >= 15 is 0 Å². The number of allylic oxidation sites excluding steroid dienone is 1. The summed E-state index contributed by atoms with van der Waals surface area (Å²) >= 11 is 0. The van der Waals surface area contributed by atoms with Crippen molar-refractivity contribution in [3.8, 4) is 5.75 Å². The van der Waals surface area contributed by atoms with Gasteiger partial charge in [-0.1, -0.05) is 79.4 Å².